The highest BCUT2D eigenvalue weighted by Gasteiger charge is 2.09. The molecule has 1 aromatic heterocycles. The first kappa shape index (κ1) is 19.5. The van der Waals surface area contributed by atoms with Crippen LogP contribution in [0.25, 0.3) is 0 Å². The quantitative estimate of drug-likeness (QED) is 0.495. The molecule has 1 amide bonds. The van der Waals surface area contributed by atoms with Crippen LogP contribution in [0.3, 0.4) is 0 Å². The molecule has 24 heavy (non-hydrogen) atoms. The van der Waals surface area contributed by atoms with E-state index >= 15 is 0 Å². The number of amides is 1. The minimum atomic E-state index is -0.0197. The molecule has 0 fully saturated rings. The third-order valence-corrected chi connectivity index (χ3v) is 5.79. The lowest BCUT2D eigenvalue weighted by Crippen LogP contribution is -2.26. The molecule has 0 aliphatic heterocycles. The summed E-state index contributed by atoms with van der Waals surface area (Å²) in [4.78, 5) is 16.3. The van der Waals surface area contributed by atoms with E-state index in [1.165, 1.54) is 11.3 Å². The van der Waals surface area contributed by atoms with Crippen molar-refractivity contribution < 1.29 is 9.53 Å². The van der Waals surface area contributed by atoms with Gasteiger partial charge in [-0.15, -0.1) is 11.3 Å². The molecule has 0 unspecified atom stereocenters. The maximum absolute atomic E-state index is 11.8. The van der Waals surface area contributed by atoms with Gasteiger partial charge < -0.3 is 10.1 Å². The normalized spacial score (nSPS) is 10.8. The maximum Gasteiger partial charge on any atom is 0.226 e. The Morgan fingerprint density at radius 1 is 1.42 bits per heavy atom. The van der Waals surface area contributed by atoms with E-state index in [-0.39, 0.29) is 5.91 Å². The van der Waals surface area contributed by atoms with E-state index in [2.05, 4.69) is 10.3 Å². The van der Waals surface area contributed by atoms with Crippen LogP contribution >= 0.6 is 46.3 Å². The first-order valence-corrected chi connectivity index (χ1v) is 9.97. The summed E-state index contributed by atoms with van der Waals surface area (Å²) in [5.74, 6) is 0.695. The van der Waals surface area contributed by atoms with Crippen molar-refractivity contribution in [1.82, 2.24) is 10.3 Å². The molecular formula is C16H18Cl2N2O2S2. The van der Waals surface area contributed by atoms with Gasteiger partial charge in [-0.3, -0.25) is 4.79 Å². The van der Waals surface area contributed by atoms with Crippen molar-refractivity contribution >= 4 is 52.2 Å². The molecule has 0 saturated carbocycles. The summed E-state index contributed by atoms with van der Waals surface area (Å²) in [5, 5.41) is 6.05. The molecule has 0 spiro atoms. The molecular weight excluding hydrogens is 387 g/mol. The molecule has 0 saturated heterocycles. The zero-order valence-electron chi connectivity index (χ0n) is 13.2. The molecule has 2 rings (SSSR count). The number of aromatic nitrogens is 1. The van der Waals surface area contributed by atoms with Gasteiger partial charge in [0.2, 0.25) is 5.91 Å². The Balaban J connectivity index is 1.79. The lowest BCUT2D eigenvalue weighted by molar-refractivity contribution is -0.120. The van der Waals surface area contributed by atoms with Crippen LogP contribution in [-0.4, -0.2) is 31.2 Å². The molecule has 1 N–H and O–H groups in total. The monoisotopic (exact) mass is 404 g/mol. The number of thiazole rings is 1. The Hall–Kier alpha value is -0.790. The van der Waals surface area contributed by atoms with Gasteiger partial charge in [0.05, 0.1) is 12.1 Å². The van der Waals surface area contributed by atoms with Crippen molar-refractivity contribution in [2.45, 2.75) is 22.9 Å². The van der Waals surface area contributed by atoms with E-state index in [1.807, 2.05) is 17.5 Å². The maximum atomic E-state index is 11.8. The second-order valence-corrected chi connectivity index (χ2v) is 7.93. The fraction of sp³-hybridized carbons (Fsp3) is 0.375. The minimum Gasteiger partial charge on any atom is -0.385 e. The number of hydrogen-bond acceptors (Lipinski definition) is 5. The predicted octanol–water partition coefficient (Wildman–Crippen LogP) is 4.44. The van der Waals surface area contributed by atoms with Gasteiger partial charge in [0, 0.05) is 41.4 Å². The zero-order valence-corrected chi connectivity index (χ0v) is 16.3. The van der Waals surface area contributed by atoms with Crippen molar-refractivity contribution in [2.75, 3.05) is 20.3 Å². The van der Waals surface area contributed by atoms with E-state index in [9.17, 15) is 4.79 Å². The lowest BCUT2D eigenvalue weighted by Gasteiger charge is -2.03. The summed E-state index contributed by atoms with van der Waals surface area (Å²) in [7, 11) is 1.65. The van der Waals surface area contributed by atoms with Crippen molar-refractivity contribution in [2.24, 2.45) is 0 Å². The van der Waals surface area contributed by atoms with Gasteiger partial charge >= 0.3 is 0 Å². The highest BCUT2D eigenvalue weighted by Crippen LogP contribution is 2.30. The van der Waals surface area contributed by atoms with Crippen molar-refractivity contribution in [3.05, 3.63) is 44.9 Å². The molecule has 8 heteroatoms. The molecule has 0 radical (unpaired) electrons. The highest BCUT2D eigenvalue weighted by atomic mass is 35.5. The second kappa shape index (κ2) is 10.3. The van der Waals surface area contributed by atoms with Crippen molar-refractivity contribution in [3.63, 3.8) is 0 Å². The van der Waals surface area contributed by atoms with Gasteiger partial charge in [0.15, 0.2) is 0 Å². The zero-order chi connectivity index (χ0) is 17.4. The second-order valence-electron chi connectivity index (χ2n) is 5.00. The van der Waals surface area contributed by atoms with E-state index < -0.39 is 0 Å². The summed E-state index contributed by atoms with van der Waals surface area (Å²) < 4.78 is 5.86. The molecule has 1 heterocycles. The third kappa shape index (κ3) is 6.61. The van der Waals surface area contributed by atoms with Crippen LogP contribution in [0.2, 0.25) is 10.0 Å². The number of ether oxygens (including phenoxy) is 1. The lowest BCUT2D eigenvalue weighted by atomic mass is 10.2. The number of nitrogens with one attached hydrogen (secondary N) is 1. The Labute approximate surface area is 159 Å². The molecule has 0 bridgehead atoms. The number of methoxy groups -OCH3 is 1. The molecule has 1 aromatic carbocycles. The SMILES string of the molecule is COCCCNC(=O)Cc1csc(SCc2ccc(Cl)cc2Cl)n1. The molecule has 0 aliphatic rings. The summed E-state index contributed by atoms with van der Waals surface area (Å²) in [6.07, 6.45) is 1.11. The van der Waals surface area contributed by atoms with Crippen molar-refractivity contribution in [3.8, 4) is 0 Å². The number of carbonyl (C=O) groups is 1. The highest BCUT2D eigenvalue weighted by molar-refractivity contribution is 8.00. The van der Waals surface area contributed by atoms with E-state index in [1.54, 1.807) is 24.9 Å². The number of hydrogen-bond donors (Lipinski definition) is 1. The average molecular weight is 405 g/mol. The first-order chi connectivity index (χ1) is 11.6. The Bertz CT molecular complexity index is 680. The van der Waals surface area contributed by atoms with Crippen LogP contribution in [-0.2, 0) is 21.7 Å². The van der Waals surface area contributed by atoms with Gasteiger partial charge in [-0.25, -0.2) is 4.98 Å². The predicted molar refractivity (Wildman–Crippen MR) is 101 cm³/mol. The summed E-state index contributed by atoms with van der Waals surface area (Å²) in [6.45, 7) is 1.26. The van der Waals surface area contributed by atoms with Gasteiger partial charge in [0.25, 0.3) is 0 Å². The Kier molecular flexibility index (Phi) is 8.35. The molecule has 0 aliphatic carbocycles. The van der Waals surface area contributed by atoms with Crippen LogP contribution < -0.4 is 5.32 Å². The van der Waals surface area contributed by atoms with Gasteiger partial charge in [-0.2, -0.15) is 0 Å². The van der Waals surface area contributed by atoms with Crippen LogP contribution in [0, 0.1) is 0 Å². The summed E-state index contributed by atoms with van der Waals surface area (Å²) in [6, 6.07) is 5.48. The smallest absolute Gasteiger partial charge is 0.226 e. The molecule has 4 nitrogen and oxygen atoms in total. The number of halogens is 2. The molecule has 2 aromatic rings. The topological polar surface area (TPSA) is 51.2 Å². The van der Waals surface area contributed by atoms with Crippen LogP contribution in [0.1, 0.15) is 17.7 Å². The molecule has 130 valence electrons. The van der Waals surface area contributed by atoms with Crippen LogP contribution in [0.4, 0.5) is 0 Å². The summed E-state index contributed by atoms with van der Waals surface area (Å²) in [5.41, 5.74) is 1.80. The third-order valence-electron chi connectivity index (χ3n) is 3.09. The number of nitrogens with zero attached hydrogens (tertiary/aromatic N) is 1. The fourth-order valence-corrected chi connectivity index (χ4v) is 4.29. The van der Waals surface area contributed by atoms with E-state index in [0.29, 0.717) is 35.4 Å². The standard InChI is InChI=1S/C16H18Cl2N2O2S2/c1-22-6-2-5-19-15(21)8-13-10-24-16(20-13)23-9-11-3-4-12(17)7-14(11)18/h3-4,7,10H,2,5-6,8-9H2,1H3,(H,19,21). The Morgan fingerprint density at radius 2 is 2.25 bits per heavy atom. The van der Waals surface area contributed by atoms with Gasteiger partial charge in [-0.1, -0.05) is 41.0 Å². The van der Waals surface area contributed by atoms with Crippen LogP contribution in [0.5, 0.6) is 0 Å². The fourth-order valence-electron chi connectivity index (χ4n) is 1.89. The average Bonchev–Trinajstić information content (AvgIpc) is 2.98. The van der Waals surface area contributed by atoms with Gasteiger partial charge in [-0.05, 0) is 24.1 Å². The Morgan fingerprint density at radius 3 is 3.00 bits per heavy atom. The van der Waals surface area contributed by atoms with Crippen molar-refractivity contribution in [1.29, 1.82) is 0 Å². The summed E-state index contributed by atoms with van der Waals surface area (Å²) >= 11 is 15.2. The molecule has 0 atom stereocenters. The number of thioether (sulfide) groups is 1. The van der Waals surface area contributed by atoms with Crippen LogP contribution in [0.15, 0.2) is 27.9 Å². The first-order valence-electron chi connectivity index (χ1n) is 7.35. The minimum absolute atomic E-state index is 0.0197. The number of benzene rings is 1. The van der Waals surface area contributed by atoms with E-state index in [0.717, 1.165) is 22.0 Å². The van der Waals surface area contributed by atoms with Gasteiger partial charge in [0.1, 0.15) is 4.34 Å². The van der Waals surface area contributed by atoms with E-state index in [4.69, 9.17) is 27.9 Å². The number of carbonyl (C=O) groups excluding carboxylic acids is 1. The number of rotatable bonds is 9. The largest absolute Gasteiger partial charge is 0.385 e.